The van der Waals surface area contributed by atoms with E-state index in [1.807, 2.05) is 24.3 Å². The molecule has 1 unspecified atom stereocenters. The number of likely N-dealkylation sites (tertiary alicyclic amines) is 1. The third-order valence-corrected chi connectivity index (χ3v) is 5.11. The Morgan fingerprint density at radius 1 is 1.18 bits per heavy atom. The second-order valence-corrected chi connectivity index (χ2v) is 6.84. The number of aromatic hydroxyl groups is 1. The van der Waals surface area contributed by atoms with Gasteiger partial charge in [-0.3, -0.25) is 0 Å². The monoisotopic (exact) mass is 383 g/mol. The lowest BCUT2D eigenvalue weighted by Crippen LogP contribution is -2.40. The van der Waals surface area contributed by atoms with Crippen molar-refractivity contribution in [1.29, 1.82) is 0 Å². The van der Waals surface area contributed by atoms with Crippen molar-refractivity contribution < 1.29 is 14.6 Å². The van der Waals surface area contributed by atoms with Gasteiger partial charge in [0.1, 0.15) is 5.75 Å². The van der Waals surface area contributed by atoms with E-state index in [1.54, 1.807) is 20.3 Å². The van der Waals surface area contributed by atoms with Crippen LogP contribution in [0.1, 0.15) is 30.4 Å². The lowest BCUT2D eigenvalue weighted by atomic mass is 9.98. The highest BCUT2D eigenvalue weighted by Gasteiger charge is 2.26. The van der Waals surface area contributed by atoms with Crippen molar-refractivity contribution in [3.8, 4) is 17.2 Å². The van der Waals surface area contributed by atoms with E-state index >= 15 is 0 Å². The molecule has 3 rings (SSSR count). The molecule has 0 bridgehead atoms. The molecule has 1 heterocycles. The molecule has 1 atom stereocenters. The van der Waals surface area contributed by atoms with E-state index in [4.69, 9.17) is 14.5 Å². The number of rotatable bonds is 6. The van der Waals surface area contributed by atoms with E-state index in [1.165, 1.54) is 5.56 Å². The maximum Gasteiger partial charge on any atom is 0.194 e. The molecule has 1 fully saturated rings. The largest absolute Gasteiger partial charge is 0.504 e. The molecule has 2 aromatic carbocycles. The number of para-hydroxylation sites is 1. The number of nitrogens with one attached hydrogen (secondary N) is 1. The summed E-state index contributed by atoms with van der Waals surface area (Å²) in [4.78, 5) is 7.04. The van der Waals surface area contributed by atoms with Crippen LogP contribution in [0.4, 0.5) is 0 Å². The molecule has 0 aromatic heterocycles. The van der Waals surface area contributed by atoms with Gasteiger partial charge in [0.2, 0.25) is 0 Å². The summed E-state index contributed by atoms with van der Waals surface area (Å²) in [6, 6.07) is 13.8. The predicted octanol–water partition coefficient (Wildman–Crippen LogP) is 3.36. The Morgan fingerprint density at radius 2 is 1.96 bits per heavy atom. The van der Waals surface area contributed by atoms with Gasteiger partial charge in [0.05, 0.1) is 20.8 Å². The Balaban J connectivity index is 1.71. The maximum atomic E-state index is 10.3. The van der Waals surface area contributed by atoms with Crippen LogP contribution in [0, 0.1) is 0 Å². The van der Waals surface area contributed by atoms with E-state index < -0.39 is 0 Å². The summed E-state index contributed by atoms with van der Waals surface area (Å²) in [5, 5.41) is 13.7. The molecule has 0 radical (unpaired) electrons. The van der Waals surface area contributed by atoms with Crippen molar-refractivity contribution >= 4 is 5.96 Å². The lowest BCUT2D eigenvalue weighted by molar-refractivity contribution is 0.370. The molecule has 2 aromatic rings. The van der Waals surface area contributed by atoms with Crippen LogP contribution in [0.25, 0.3) is 0 Å². The van der Waals surface area contributed by atoms with Crippen molar-refractivity contribution in [3.05, 3.63) is 53.6 Å². The van der Waals surface area contributed by atoms with Crippen molar-refractivity contribution in [2.45, 2.75) is 25.8 Å². The van der Waals surface area contributed by atoms with Gasteiger partial charge in [-0.25, -0.2) is 4.99 Å². The summed E-state index contributed by atoms with van der Waals surface area (Å²) in [6.45, 7) is 5.13. The van der Waals surface area contributed by atoms with Crippen LogP contribution in [0.5, 0.6) is 17.2 Å². The van der Waals surface area contributed by atoms with Gasteiger partial charge in [-0.2, -0.15) is 0 Å². The number of guanidine groups is 1. The molecule has 150 valence electrons. The van der Waals surface area contributed by atoms with E-state index in [-0.39, 0.29) is 5.75 Å². The van der Waals surface area contributed by atoms with Crippen LogP contribution in [0.3, 0.4) is 0 Å². The molecule has 0 saturated carbocycles. The van der Waals surface area contributed by atoms with Crippen LogP contribution in [-0.4, -0.2) is 49.8 Å². The molecule has 2 N–H and O–H groups in total. The average Bonchev–Trinajstić information content (AvgIpc) is 3.22. The molecule has 0 amide bonds. The molecular weight excluding hydrogens is 354 g/mol. The van der Waals surface area contributed by atoms with Crippen molar-refractivity contribution in [3.63, 3.8) is 0 Å². The van der Waals surface area contributed by atoms with Crippen LogP contribution in [0.2, 0.25) is 0 Å². The molecule has 0 aliphatic carbocycles. The van der Waals surface area contributed by atoms with Gasteiger partial charge >= 0.3 is 0 Å². The van der Waals surface area contributed by atoms with Gasteiger partial charge in [-0.05, 0) is 37.1 Å². The van der Waals surface area contributed by atoms with Crippen LogP contribution >= 0.6 is 0 Å². The number of ether oxygens (including phenoxy) is 2. The molecule has 6 heteroatoms. The Kier molecular flexibility index (Phi) is 6.63. The normalized spacial score (nSPS) is 16.9. The number of aliphatic imine (C=N–C) groups is 1. The highest BCUT2D eigenvalue weighted by Crippen LogP contribution is 2.31. The second-order valence-electron chi connectivity index (χ2n) is 6.84. The standard InChI is InChI=1S/C22H29N3O3/c1-4-23-22(24-14-17-6-5-7-20(28-3)21(17)26)25-13-12-18(15-25)16-8-10-19(27-2)11-9-16/h5-11,18,26H,4,12-15H2,1-3H3,(H,23,24). The van der Waals surface area contributed by atoms with Crippen LogP contribution < -0.4 is 14.8 Å². The smallest absolute Gasteiger partial charge is 0.194 e. The average molecular weight is 383 g/mol. The summed E-state index contributed by atoms with van der Waals surface area (Å²) >= 11 is 0. The van der Waals surface area contributed by atoms with E-state index in [0.717, 1.165) is 43.3 Å². The number of hydrogen-bond acceptors (Lipinski definition) is 4. The van der Waals surface area contributed by atoms with Gasteiger partial charge in [-0.1, -0.05) is 24.3 Å². The van der Waals surface area contributed by atoms with Gasteiger partial charge in [-0.15, -0.1) is 0 Å². The van der Waals surface area contributed by atoms with Crippen LogP contribution in [0.15, 0.2) is 47.5 Å². The molecule has 1 saturated heterocycles. The molecule has 28 heavy (non-hydrogen) atoms. The fraction of sp³-hybridized carbons (Fsp3) is 0.409. The number of phenols is 1. The van der Waals surface area contributed by atoms with Gasteiger partial charge in [0.25, 0.3) is 0 Å². The lowest BCUT2D eigenvalue weighted by Gasteiger charge is -2.22. The summed E-state index contributed by atoms with van der Waals surface area (Å²) < 4.78 is 10.4. The van der Waals surface area contributed by atoms with Crippen molar-refractivity contribution in [2.75, 3.05) is 33.9 Å². The topological polar surface area (TPSA) is 66.3 Å². The Bertz CT molecular complexity index is 805. The summed E-state index contributed by atoms with van der Waals surface area (Å²) in [7, 11) is 3.24. The highest BCUT2D eigenvalue weighted by molar-refractivity contribution is 5.80. The second kappa shape index (κ2) is 9.35. The number of nitrogens with zero attached hydrogens (tertiary/aromatic N) is 2. The first kappa shape index (κ1) is 19.9. The maximum absolute atomic E-state index is 10.3. The summed E-state index contributed by atoms with van der Waals surface area (Å²) in [5.41, 5.74) is 2.07. The fourth-order valence-electron chi connectivity index (χ4n) is 3.55. The third kappa shape index (κ3) is 4.50. The fourth-order valence-corrected chi connectivity index (χ4v) is 3.55. The highest BCUT2D eigenvalue weighted by atomic mass is 16.5. The van der Waals surface area contributed by atoms with E-state index in [9.17, 15) is 5.11 Å². The minimum atomic E-state index is 0.155. The molecular formula is C22H29N3O3. The number of benzene rings is 2. The van der Waals surface area contributed by atoms with Crippen molar-refractivity contribution in [2.24, 2.45) is 4.99 Å². The minimum Gasteiger partial charge on any atom is -0.504 e. The zero-order chi connectivity index (χ0) is 19.9. The number of phenolic OH excluding ortho intramolecular Hbond substituents is 1. The third-order valence-electron chi connectivity index (χ3n) is 5.11. The first-order chi connectivity index (χ1) is 13.7. The summed E-state index contributed by atoms with van der Waals surface area (Å²) in [5.74, 6) is 2.85. The number of methoxy groups -OCH3 is 2. The van der Waals surface area contributed by atoms with Crippen molar-refractivity contribution in [1.82, 2.24) is 10.2 Å². The Morgan fingerprint density at radius 3 is 2.64 bits per heavy atom. The predicted molar refractivity (Wildman–Crippen MR) is 111 cm³/mol. The zero-order valence-electron chi connectivity index (χ0n) is 16.8. The van der Waals surface area contributed by atoms with Gasteiger partial charge in [0.15, 0.2) is 17.5 Å². The molecule has 1 aliphatic heterocycles. The minimum absolute atomic E-state index is 0.155. The first-order valence-electron chi connectivity index (χ1n) is 9.68. The quantitative estimate of drug-likeness (QED) is 0.591. The molecule has 0 spiro atoms. The summed E-state index contributed by atoms with van der Waals surface area (Å²) in [6.07, 6.45) is 1.08. The van der Waals surface area contributed by atoms with Gasteiger partial charge < -0.3 is 24.8 Å². The molecule has 1 aliphatic rings. The van der Waals surface area contributed by atoms with E-state index in [2.05, 4.69) is 29.3 Å². The SMILES string of the molecule is CCNC(=NCc1cccc(OC)c1O)N1CCC(c2ccc(OC)cc2)C1. The van der Waals surface area contributed by atoms with Gasteiger partial charge in [0, 0.05) is 31.1 Å². The zero-order valence-corrected chi connectivity index (χ0v) is 16.8. The number of hydrogen-bond donors (Lipinski definition) is 2. The van der Waals surface area contributed by atoms with Crippen LogP contribution in [-0.2, 0) is 6.54 Å². The first-order valence-corrected chi connectivity index (χ1v) is 9.68. The molecule has 6 nitrogen and oxygen atoms in total. The Labute approximate surface area is 166 Å². The van der Waals surface area contributed by atoms with E-state index in [0.29, 0.717) is 18.2 Å². The Hall–Kier alpha value is -2.89.